The first kappa shape index (κ1) is 13.8. The van der Waals surface area contributed by atoms with E-state index in [9.17, 15) is 4.79 Å². The van der Waals surface area contributed by atoms with Gasteiger partial charge in [-0.05, 0) is 31.5 Å². The quantitative estimate of drug-likeness (QED) is 0.772. The molecule has 108 valence electrons. The first-order chi connectivity index (χ1) is 10.2. The highest BCUT2D eigenvalue weighted by Crippen LogP contribution is 2.22. The summed E-state index contributed by atoms with van der Waals surface area (Å²) in [5, 5.41) is 4.91. The van der Waals surface area contributed by atoms with Crippen LogP contribution in [0.2, 0.25) is 0 Å². The van der Waals surface area contributed by atoms with Gasteiger partial charge in [0, 0.05) is 33.7 Å². The molecular formula is C16H17N3OS. The van der Waals surface area contributed by atoms with Gasteiger partial charge in [0.05, 0.1) is 6.04 Å². The smallest absolute Gasteiger partial charge is 0.252 e. The summed E-state index contributed by atoms with van der Waals surface area (Å²) < 4.78 is 0. The van der Waals surface area contributed by atoms with Crippen LogP contribution < -0.4 is 5.32 Å². The molecule has 1 unspecified atom stereocenters. The molecule has 2 heterocycles. The molecule has 0 aliphatic carbocycles. The fourth-order valence-electron chi connectivity index (χ4n) is 2.31. The van der Waals surface area contributed by atoms with E-state index in [-0.39, 0.29) is 11.9 Å². The number of rotatable bonds is 4. The number of carbonyl (C=O) groups is 1. The normalized spacial score (nSPS) is 12.5. The Labute approximate surface area is 127 Å². The maximum absolute atomic E-state index is 12.5. The molecule has 1 amide bonds. The second kappa shape index (κ2) is 5.69. The van der Waals surface area contributed by atoms with Crippen LogP contribution in [0.25, 0.3) is 10.9 Å². The van der Waals surface area contributed by atoms with E-state index in [0.29, 0.717) is 5.56 Å². The Hall–Kier alpha value is -2.14. The Morgan fingerprint density at radius 2 is 2.29 bits per heavy atom. The van der Waals surface area contributed by atoms with Crippen molar-refractivity contribution in [2.75, 3.05) is 0 Å². The predicted octanol–water partition coefficient (Wildman–Crippen LogP) is 3.68. The number of amides is 1. The lowest BCUT2D eigenvalue weighted by Crippen LogP contribution is -2.26. The van der Waals surface area contributed by atoms with Gasteiger partial charge in [-0.2, -0.15) is 0 Å². The molecule has 21 heavy (non-hydrogen) atoms. The summed E-state index contributed by atoms with van der Waals surface area (Å²) in [6.07, 6.45) is 4.70. The maximum Gasteiger partial charge on any atom is 0.252 e. The monoisotopic (exact) mass is 299 g/mol. The first-order valence-corrected chi connectivity index (χ1v) is 7.82. The van der Waals surface area contributed by atoms with Crippen molar-refractivity contribution in [3.05, 3.63) is 52.1 Å². The standard InChI is InChI=1S/C16H17N3OS/c1-3-11-9-18-16(21-11)10(2)19-15(20)13-5-4-6-14-12(13)7-8-17-14/h4-10,17H,3H2,1-2H3,(H,19,20). The zero-order chi connectivity index (χ0) is 14.8. The lowest BCUT2D eigenvalue weighted by Gasteiger charge is -2.11. The van der Waals surface area contributed by atoms with Crippen LogP contribution in [0.4, 0.5) is 0 Å². The van der Waals surface area contributed by atoms with Gasteiger partial charge < -0.3 is 10.3 Å². The van der Waals surface area contributed by atoms with Crippen LogP contribution in [0.15, 0.2) is 36.7 Å². The molecule has 0 saturated carbocycles. The van der Waals surface area contributed by atoms with Gasteiger partial charge in [0.2, 0.25) is 0 Å². The molecule has 0 fully saturated rings. The number of nitrogens with zero attached hydrogens (tertiary/aromatic N) is 1. The summed E-state index contributed by atoms with van der Waals surface area (Å²) in [5.74, 6) is -0.0686. The summed E-state index contributed by atoms with van der Waals surface area (Å²) in [5.41, 5.74) is 1.66. The van der Waals surface area contributed by atoms with E-state index in [4.69, 9.17) is 0 Å². The molecule has 2 N–H and O–H groups in total. The van der Waals surface area contributed by atoms with E-state index in [1.54, 1.807) is 11.3 Å². The molecule has 4 nitrogen and oxygen atoms in total. The SMILES string of the molecule is CCc1cnc(C(C)NC(=O)c2cccc3[nH]ccc23)s1. The molecular weight excluding hydrogens is 282 g/mol. The van der Waals surface area contributed by atoms with E-state index in [1.807, 2.05) is 43.6 Å². The second-order valence-corrected chi connectivity index (χ2v) is 6.10. The van der Waals surface area contributed by atoms with Crippen molar-refractivity contribution in [2.45, 2.75) is 26.3 Å². The first-order valence-electron chi connectivity index (χ1n) is 7.00. The number of H-pyrrole nitrogens is 1. The average Bonchev–Trinajstić information content (AvgIpc) is 3.15. The van der Waals surface area contributed by atoms with E-state index in [1.165, 1.54) is 4.88 Å². The summed E-state index contributed by atoms with van der Waals surface area (Å²) in [6.45, 7) is 4.07. The predicted molar refractivity (Wildman–Crippen MR) is 85.7 cm³/mol. The molecule has 2 aromatic heterocycles. The number of hydrogen-bond acceptors (Lipinski definition) is 3. The zero-order valence-corrected chi connectivity index (χ0v) is 12.8. The van der Waals surface area contributed by atoms with Gasteiger partial charge in [-0.3, -0.25) is 4.79 Å². The van der Waals surface area contributed by atoms with Crippen molar-refractivity contribution in [2.24, 2.45) is 0 Å². The maximum atomic E-state index is 12.5. The van der Waals surface area contributed by atoms with Crippen molar-refractivity contribution in [1.82, 2.24) is 15.3 Å². The largest absolute Gasteiger partial charge is 0.361 e. The number of fused-ring (bicyclic) bond motifs is 1. The fraction of sp³-hybridized carbons (Fsp3) is 0.250. The van der Waals surface area contributed by atoms with Gasteiger partial charge >= 0.3 is 0 Å². The van der Waals surface area contributed by atoms with Gasteiger partial charge in [-0.15, -0.1) is 11.3 Å². The molecule has 3 rings (SSSR count). The summed E-state index contributed by atoms with van der Waals surface area (Å²) in [6, 6.07) is 7.53. The Kier molecular flexibility index (Phi) is 3.75. The highest BCUT2D eigenvalue weighted by molar-refractivity contribution is 7.11. The van der Waals surface area contributed by atoms with Crippen molar-refractivity contribution >= 4 is 28.1 Å². The molecule has 1 aromatic carbocycles. The van der Waals surface area contributed by atoms with Gasteiger partial charge in [-0.1, -0.05) is 13.0 Å². The van der Waals surface area contributed by atoms with Crippen molar-refractivity contribution in [1.29, 1.82) is 0 Å². The van der Waals surface area contributed by atoms with Crippen molar-refractivity contribution in [3.8, 4) is 0 Å². The fourth-order valence-corrected chi connectivity index (χ4v) is 3.17. The molecule has 0 bridgehead atoms. The molecule has 5 heteroatoms. The zero-order valence-electron chi connectivity index (χ0n) is 12.0. The second-order valence-electron chi connectivity index (χ2n) is 4.96. The van der Waals surface area contributed by atoms with Crippen LogP contribution in [0.5, 0.6) is 0 Å². The number of hydrogen-bond donors (Lipinski definition) is 2. The van der Waals surface area contributed by atoms with E-state index in [2.05, 4.69) is 22.2 Å². The molecule has 0 aliphatic heterocycles. The topological polar surface area (TPSA) is 57.8 Å². The van der Waals surface area contributed by atoms with Crippen LogP contribution >= 0.6 is 11.3 Å². The minimum absolute atomic E-state index is 0.0686. The van der Waals surface area contributed by atoms with Crippen LogP contribution in [0, 0.1) is 0 Å². The number of aromatic nitrogens is 2. The number of benzene rings is 1. The number of aromatic amines is 1. The van der Waals surface area contributed by atoms with Gasteiger partial charge in [0.1, 0.15) is 5.01 Å². The lowest BCUT2D eigenvalue weighted by atomic mass is 10.1. The Balaban J connectivity index is 1.81. The third-order valence-corrected chi connectivity index (χ3v) is 4.80. The molecule has 3 aromatic rings. The number of aryl methyl sites for hydroxylation is 1. The third-order valence-electron chi connectivity index (χ3n) is 3.48. The average molecular weight is 299 g/mol. The van der Waals surface area contributed by atoms with E-state index in [0.717, 1.165) is 22.3 Å². The Morgan fingerprint density at radius 3 is 3.05 bits per heavy atom. The minimum Gasteiger partial charge on any atom is -0.361 e. The molecule has 0 aliphatic rings. The van der Waals surface area contributed by atoms with Gasteiger partial charge in [0.25, 0.3) is 5.91 Å². The van der Waals surface area contributed by atoms with Crippen LogP contribution in [-0.2, 0) is 6.42 Å². The number of thiazole rings is 1. The minimum atomic E-state index is -0.0861. The van der Waals surface area contributed by atoms with Crippen LogP contribution in [0.1, 0.15) is 40.1 Å². The Morgan fingerprint density at radius 1 is 1.43 bits per heavy atom. The van der Waals surface area contributed by atoms with Crippen molar-refractivity contribution in [3.63, 3.8) is 0 Å². The molecule has 0 radical (unpaired) electrons. The summed E-state index contributed by atoms with van der Waals surface area (Å²) >= 11 is 1.65. The number of nitrogens with one attached hydrogen (secondary N) is 2. The van der Waals surface area contributed by atoms with Crippen LogP contribution in [-0.4, -0.2) is 15.9 Å². The van der Waals surface area contributed by atoms with E-state index < -0.39 is 0 Å². The highest BCUT2D eigenvalue weighted by atomic mass is 32.1. The highest BCUT2D eigenvalue weighted by Gasteiger charge is 2.16. The Bertz CT molecular complexity index is 775. The lowest BCUT2D eigenvalue weighted by molar-refractivity contribution is 0.0941. The molecule has 0 saturated heterocycles. The van der Waals surface area contributed by atoms with Gasteiger partial charge in [-0.25, -0.2) is 4.98 Å². The number of carbonyl (C=O) groups excluding carboxylic acids is 1. The summed E-state index contributed by atoms with van der Waals surface area (Å²) in [4.78, 5) is 21.2. The molecule has 0 spiro atoms. The van der Waals surface area contributed by atoms with Crippen LogP contribution in [0.3, 0.4) is 0 Å². The van der Waals surface area contributed by atoms with E-state index >= 15 is 0 Å². The third kappa shape index (κ3) is 2.69. The molecule has 1 atom stereocenters. The van der Waals surface area contributed by atoms with Gasteiger partial charge in [0.15, 0.2) is 0 Å². The van der Waals surface area contributed by atoms with Crippen molar-refractivity contribution < 1.29 is 4.79 Å². The summed E-state index contributed by atoms with van der Waals surface area (Å²) in [7, 11) is 0.